The molecule has 1 fully saturated rings. The average Bonchev–Trinajstić information content (AvgIpc) is 3.12. The molecule has 1 saturated carbocycles. The van der Waals surface area contributed by atoms with E-state index in [4.69, 9.17) is 0 Å². The molecule has 1 nitrogen and oxygen atoms in total. The number of benzene rings is 1. The Kier molecular flexibility index (Phi) is 4.35. The van der Waals surface area contributed by atoms with Crippen molar-refractivity contribution in [1.29, 1.82) is 0 Å². The summed E-state index contributed by atoms with van der Waals surface area (Å²) in [6.45, 7) is 3.04. The van der Waals surface area contributed by atoms with Crippen LogP contribution in [-0.2, 0) is 0 Å². The molecule has 0 radical (unpaired) electrons. The molecule has 0 spiro atoms. The van der Waals surface area contributed by atoms with Crippen molar-refractivity contribution in [1.82, 2.24) is 5.32 Å². The van der Waals surface area contributed by atoms with E-state index in [0.717, 1.165) is 23.0 Å². The normalized spacial score (nSPS) is 16.3. The van der Waals surface area contributed by atoms with Crippen molar-refractivity contribution in [3.05, 3.63) is 39.6 Å². The molecule has 0 atom stereocenters. The number of hydrogen-bond acceptors (Lipinski definition) is 1. The minimum absolute atomic E-state index is 0.190. The van der Waals surface area contributed by atoms with Crippen LogP contribution in [0.3, 0.4) is 0 Å². The van der Waals surface area contributed by atoms with Crippen molar-refractivity contribution >= 4 is 22.0 Å². The van der Waals surface area contributed by atoms with Gasteiger partial charge in [0.15, 0.2) is 0 Å². The molecule has 92 valence electrons. The molecule has 1 N–H and O–H groups in total. The van der Waals surface area contributed by atoms with E-state index in [0.29, 0.717) is 6.04 Å². The monoisotopic (exact) mass is 297 g/mol. The first kappa shape index (κ1) is 12.8. The quantitative estimate of drug-likeness (QED) is 0.861. The van der Waals surface area contributed by atoms with Crippen LogP contribution in [0.5, 0.6) is 0 Å². The van der Waals surface area contributed by atoms with Crippen LogP contribution in [-0.4, -0.2) is 12.6 Å². The van der Waals surface area contributed by atoms with Gasteiger partial charge in [0.05, 0.1) is 0 Å². The lowest BCUT2D eigenvalue weighted by molar-refractivity contribution is 0.627. The molecule has 0 aromatic heterocycles. The Morgan fingerprint density at radius 3 is 2.94 bits per heavy atom. The summed E-state index contributed by atoms with van der Waals surface area (Å²) in [5.74, 6) is -0.190. The van der Waals surface area contributed by atoms with Crippen LogP contribution in [0.25, 0.3) is 6.08 Å². The van der Waals surface area contributed by atoms with E-state index in [9.17, 15) is 4.39 Å². The van der Waals surface area contributed by atoms with Crippen molar-refractivity contribution in [3.63, 3.8) is 0 Å². The standard InChI is InChI=1S/C14H17BrFN/c1-2-10(9-17-13-4-5-13)7-11-8-12(16)3-6-14(11)15/h3,6-8,13,17H,2,4-5,9H2,1H3/b10-7-. The Balaban J connectivity index is 2.09. The van der Waals surface area contributed by atoms with Crippen LogP contribution in [0.4, 0.5) is 4.39 Å². The zero-order chi connectivity index (χ0) is 12.3. The van der Waals surface area contributed by atoms with Gasteiger partial charge in [-0.25, -0.2) is 4.39 Å². The third-order valence-corrected chi connectivity index (χ3v) is 3.69. The van der Waals surface area contributed by atoms with E-state index >= 15 is 0 Å². The van der Waals surface area contributed by atoms with Crippen LogP contribution in [0.2, 0.25) is 0 Å². The Labute approximate surface area is 110 Å². The summed E-state index contributed by atoms with van der Waals surface area (Å²) in [6.07, 6.45) is 5.65. The van der Waals surface area contributed by atoms with Gasteiger partial charge in [-0.05, 0) is 43.0 Å². The van der Waals surface area contributed by atoms with E-state index < -0.39 is 0 Å². The Bertz CT molecular complexity index is 424. The van der Waals surface area contributed by atoms with E-state index in [-0.39, 0.29) is 5.82 Å². The SMILES string of the molecule is CC/C(=C/c1cc(F)ccc1Br)CNC1CC1. The molecule has 2 rings (SSSR count). The number of nitrogens with one attached hydrogen (secondary N) is 1. The van der Waals surface area contributed by atoms with E-state index in [1.165, 1.54) is 24.5 Å². The van der Waals surface area contributed by atoms with Gasteiger partial charge in [0.2, 0.25) is 0 Å². The molecule has 1 aromatic rings. The van der Waals surface area contributed by atoms with Gasteiger partial charge in [-0.1, -0.05) is 34.5 Å². The number of hydrogen-bond donors (Lipinski definition) is 1. The molecular weight excluding hydrogens is 281 g/mol. The lowest BCUT2D eigenvalue weighted by Crippen LogP contribution is -2.18. The molecule has 3 heteroatoms. The zero-order valence-corrected chi connectivity index (χ0v) is 11.6. The maximum absolute atomic E-state index is 13.2. The smallest absolute Gasteiger partial charge is 0.123 e. The first-order chi connectivity index (χ1) is 8.19. The van der Waals surface area contributed by atoms with E-state index in [1.807, 2.05) is 0 Å². The minimum Gasteiger partial charge on any atom is -0.310 e. The fourth-order valence-corrected chi connectivity index (χ4v) is 2.05. The average molecular weight is 298 g/mol. The van der Waals surface area contributed by atoms with Crippen molar-refractivity contribution in [2.45, 2.75) is 32.2 Å². The van der Waals surface area contributed by atoms with Gasteiger partial charge in [0.25, 0.3) is 0 Å². The summed E-state index contributed by atoms with van der Waals surface area (Å²) in [5, 5.41) is 3.48. The van der Waals surface area contributed by atoms with Crippen LogP contribution in [0.15, 0.2) is 28.2 Å². The van der Waals surface area contributed by atoms with Gasteiger partial charge in [-0.15, -0.1) is 0 Å². The highest BCUT2D eigenvalue weighted by molar-refractivity contribution is 9.10. The molecule has 0 amide bonds. The second-order valence-corrected chi connectivity index (χ2v) is 5.33. The third-order valence-electron chi connectivity index (χ3n) is 2.97. The third kappa shape index (κ3) is 3.93. The van der Waals surface area contributed by atoms with Gasteiger partial charge in [-0.2, -0.15) is 0 Å². The molecule has 0 aliphatic heterocycles. The van der Waals surface area contributed by atoms with Crippen LogP contribution >= 0.6 is 15.9 Å². The predicted molar refractivity (Wildman–Crippen MR) is 73.4 cm³/mol. The number of rotatable bonds is 5. The summed E-state index contributed by atoms with van der Waals surface area (Å²) >= 11 is 3.45. The molecule has 0 bridgehead atoms. The lowest BCUT2D eigenvalue weighted by atomic mass is 10.1. The highest BCUT2D eigenvalue weighted by Gasteiger charge is 2.20. The van der Waals surface area contributed by atoms with Crippen molar-refractivity contribution in [2.24, 2.45) is 0 Å². The van der Waals surface area contributed by atoms with Crippen molar-refractivity contribution < 1.29 is 4.39 Å². The fraction of sp³-hybridized carbons (Fsp3) is 0.429. The highest BCUT2D eigenvalue weighted by Crippen LogP contribution is 2.22. The zero-order valence-electron chi connectivity index (χ0n) is 9.97. The predicted octanol–water partition coefficient (Wildman–Crippen LogP) is 4.13. The first-order valence-electron chi connectivity index (χ1n) is 6.07. The Hall–Kier alpha value is -0.670. The van der Waals surface area contributed by atoms with Crippen molar-refractivity contribution in [3.8, 4) is 0 Å². The van der Waals surface area contributed by atoms with Gasteiger partial charge < -0.3 is 5.32 Å². The maximum Gasteiger partial charge on any atom is 0.123 e. The lowest BCUT2D eigenvalue weighted by Gasteiger charge is -2.07. The summed E-state index contributed by atoms with van der Waals surface area (Å²) in [7, 11) is 0. The topological polar surface area (TPSA) is 12.0 Å². The largest absolute Gasteiger partial charge is 0.310 e. The van der Waals surface area contributed by atoms with Gasteiger partial charge >= 0.3 is 0 Å². The van der Waals surface area contributed by atoms with E-state index in [1.54, 1.807) is 12.1 Å². The van der Waals surface area contributed by atoms with Gasteiger partial charge in [-0.3, -0.25) is 0 Å². The first-order valence-corrected chi connectivity index (χ1v) is 6.86. The Morgan fingerprint density at radius 1 is 1.53 bits per heavy atom. The molecule has 17 heavy (non-hydrogen) atoms. The minimum atomic E-state index is -0.190. The van der Waals surface area contributed by atoms with Crippen LogP contribution in [0, 0.1) is 5.82 Å². The molecule has 1 aliphatic carbocycles. The van der Waals surface area contributed by atoms with E-state index in [2.05, 4.69) is 34.2 Å². The van der Waals surface area contributed by atoms with Gasteiger partial charge in [0.1, 0.15) is 5.82 Å². The Morgan fingerprint density at radius 2 is 2.29 bits per heavy atom. The summed E-state index contributed by atoms with van der Waals surface area (Å²) in [6, 6.07) is 5.50. The fourth-order valence-electron chi connectivity index (χ4n) is 1.69. The van der Waals surface area contributed by atoms with Crippen LogP contribution in [0.1, 0.15) is 31.7 Å². The summed E-state index contributed by atoms with van der Waals surface area (Å²) in [5.41, 5.74) is 2.22. The highest BCUT2D eigenvalue weighted by atomic mass is 79.9. The maximum atomic E-state index is 13.2. The summed E-state index contributed by atoms with van der Waals surface area (Å²) in [4.78, 5) is 0. The second kappa shape index (κ2) is 5.78. The molecule has 0 saturated heterocycles. The van der Waals surface area contributed by atoms with Gasteiger partial charge in [0, 0.05) is 17.1 Å². The number of halogens is 2. The summed E-state index contributed by atoms with van der Waals surface area (Å²) < 4.78 is 14.1. The molecule has 1 aliphatic rings. The molecular formula is C14H17BrFN. The molecule has 0 unspecified atom stereocenters. The van der Waals surface area contributed by atoms with Crippen LogP contribution < -0.4 is 5.32 Å². The second-order valence-electron chi connectivity index (χ2n) is 4.48. The molecule has 1 aromatic carbocycles. The molecule has 0 heterocycles. The van der Waals surface area contributed by atoms with Crippen molar-refractivity contribution in [2.75, 3.05) is 6.54 Å².